The lowest BCUT2D eigenvalue weighted by atomic mass is 10.1. The highest BCUT2D eigenvalue weighted by molar-refractivity contribution is 7.10. The molecule has 1 heterocycles. The molecule has 0 atom stereocenters. The molecule has 4 nitrogen and oxygen atoms in total. The van der Waals surface area contributed by atoms with Gasteiger partial charge in [-0.2, -0.15) is 0 Å². The summed E-state index contributed by atoms with van der Waals surface area (Å²) in [5, 5.41) is 2.03. The van der Waals surface area contributed by atoms with Crippen LogP contribution in [0.5, 0.6) is 0 Å². The molecule has 0 saturated heterocycles. The quantitative estimate of drug-likeness (QED) is 0.845. The molecule has 19 heavy (non-hydrogen) atoms. The smallest absolute Gasteiger partial charge is 0.254 e. The van der Waals surface area contributed by atoms with Gasteiger partial charge < -0.3 is 16.4 Å². The van der Waals surface area contributed by atoms with Crippen molar-refractivity contribution in [3.63, 3.8) is 0 Å². The van der Waals surface area contributed by atoms with Crippen LogP contribution in [-0.4, -0.2) is 17.9 Å². The number of rotatable bonds is 3. The maximum absolute atomic E-state index is 12.3. The van der Waals surface area contributed by atoms with Crippen LogP contribution in [-0.2, 0) is 6.54 Å². The molecule has 2 rings (SSSR count). The minimum Gasteiger partial charge on any atom is -0.399 e. The Kier molecular flexibility index (Phi) is 3.76. The zero-order chi connectivity index (χ0) is 14.0. The van der Waals surface area contributed by atoms with Gasteiger partial charge in [-0.05, 0) is 42.1 Å². The van der Waals surface area contributed by atoms with Crippen molar-refractivity contribution in [3.8, 4) is 0 Å². The van der Waals surface area contributed by atoms with Crippen LogP contribution in [0.2, 0.25) is 0 Å². The number of carbonyl (C=O) groups excluding carboxylic acids is 1. The lowest BCUT2D eigenvalue weighted by Crippen LogP contribution is -2.26. The second-order valence-electron chi connectivity index (χ2n) is 4.58. The van der Waals surface area contributed by atoms with Gasteiger partial charge in [0, 0.05) is 28.9 Å². The summed E-state index contributed by atoms with van der Waals surface area (Å²) in [7, 11) is 1.78. The first kappa shape index (κ1) is 13.4. The normalized spacial score (nSPS) is 10.4. The summed E-state index contributed by atoms with van der Waals surface area (Å²) in [4.78, 5) is 15.2. The number of amides is 1. The average Bonchev–Trinajstić information content (AvgIpc) is 2.72. The van der Waals surface area contributed by atoms with Gasteiger partial charge in [0.2, 0.25) is 0 Å². The number of anilines is 2. The van der Waals surface area contributed by atoms with Crippen LogP contribution in [0.15, 0.2) is 29.6 Å². The van der Waals surface area contributed by atoms with Crippen molar-refractivity contribution in [3.05, 3.63) is 45.6 Å². The van der Waals surface area contributed by atoms with Crippen LogP contribution in [0, 0.1) is 6.92 Å². The lowest BCUT2D eigenvalue weighted by molar-refractivity contribution is 0.0786. The summed E-state index contributed by atoms with van der Waals surface area (Å²) >= 11 is 1.65. The molecule has 1 amide bonds. The zero-order valence-corrected chi connectivity index (χ0v) is 11.8. The fourth-order valence-corrected chi connectivity index (χ4v) is 2.83. The number of hydrogen-bond acceptors (Lipinski definition) is 4. The zero-order valence-electron chi connectivity index (χ0n) is 11.0. The van der Waals surface area contributed by atoms with E-state index in [9.17, 15) is 4.79 Å². The van der Waals surface area contributed by atoms with E-state index >= 15 is 0 Å². The number of nitrogens with two attached hydrogens (primary N) is 2. The van der Waals surface area contributed by atoms with Crippen LogP contribution in [0.3, 0.4) is 0 Å². The third kappa shape index (κ3) is 3.06. The van der Waals surface area contributed by atoms with E-state index in [1.165, 1.54) is 10.4 Å². The molecule has 0 aliphatic heterocycles. The average molecular weight is 275 g/mol. The molecule has 0 radical (unpaired) electrons. The number of nitrogens with zero attached hydrogens (tertiary/aromatic N) is 1. The molecule has 1 aromatic heterocycles. The molecule has 0 saturated carbocycles. The Morgan fingerprint density at radius 3 is 2.42 bits per heavy atom. The summed E-state index contributed by atoms with van der Waals surface area (Å²) in [6.07, 6.45) is 0. The van der Waals surface area contributed by atoms with Crippen LogP contribution in [0.25, 0.3) is 0 Å². The van der Waals surface area contributed by atoms with Crippen LogP contribution in [0.4, 0.5) is 11.4 Å². The molecule has 0 bridgehead atoms. The topological polar surface area (TPSA) is 72.3 Å². The summed E-state index contributed by atoms with van der Waals surface area (Å²) in [5.41, 5.74) is 14.2. The maximum atomic E-state index is 12.3. The van der Waals surface area contributed by atoms with Crippen LogP contribution < -0.4 is 11.5 Å². The molecular formula is C14H17N3OS. The number of nitrogen functional groups attached to an aromatic ring is 2. The summed E-state index contributed by atoms with van der Waals surface area (Å²) in [6, 6.07) is 6.99. The van der Waals surface area contributed by atoms with E-state index in [0.717, 1.165) is 0 Å². The molecule has 1 aromatic carbocycles. The van der Waals surface area contributed by atoms with Crippen molar-refractivity contribution in [2.45, 2.75) is 13.5 Å². The Labute approximate surface area is 116 Å². The molecular weight excluding hydrogens is 258 g/mol. The minimum atomic E-state index is -0.0770. The van der Waals surface area contributed by atoms with E-state index in [4.69, 9.17) is 11.5 Å². The number of thiophene rings is 1. The first-order valence-electron chi connectivity index (χ1n) is 5.92. The monoisotopic (exact) mass is 275 g/mol. The van der Waals surface area contributed by atoms with Crippen molar-refractivity contribution < 1.29 is 4.79 Å². The van der Waals surface area contributed by atoms with Crippen molar-refractivity contribution in [2.24, 2.45) is 0 Å². The lowest BCUT2D eigenvalue weighted by Gasteiger charge is -2.17. The fraction of sp³-hybridized carbons (Fsp3) is 0.214. The largest absolute Gasteiger partial charge is 0.399 e. The summed E-state index contributed by atoms with van der Waals surface area (Å²) in [6.45, 7) is 2.64. The second-order valence-corrected chi connectivity index (χ2v) is 5.58. The van der Waals surface area contributed by atoms with Gasteiger partial charge in [0.1, 0.15) is 0 Å². The Bertz CT molecular complexity index is 586. The SMILES string of the molecule is Cc1ccsc1CN(C)C(=O)c1cc(N)cc(N)c1. The summed E-state index contributed by atoms with van der Waals surface area (Å²) < 4.78 is 0. The maximum Gasteiger partial charge on any atom is 0.254 e. The van der Waals surface area contributed by atoms with E-state index < -0.39 is 0 Å². The highest BCUT2D eigenvalue weighted by Gasteiger charge is 2.14. The van der Waals surface area contributed by atoms with Crippen LogP contribution in [0.1, 0.15) is 20.8 Å². The van der Waals surface area contributed by atoms with Crippen molar-refractivity contribution in [1.82, 2.24) is 4.90 Å². The van der Waals surface area contributed by atoms with Crippen molar-refractivity contribution >= 4 is 28.6 Å². The van der Waals surface area contributed by atoms with Gasteiger partial charge in [-0.1, -0.05) is 0 Å². The molecule has 2 aromatic rings. The Hall–Kier alpha value is -2.01. The van der Waals surface area contributed by atoms with Gasteiger partial charge in [-0.15, -0.1) is 11.3 Å². The standard InChI is InChI=1S/C14H17N3OS/c1-9-3-4-19-13(9)8-17(2)14(18)10-5-11(15)7-12(16)6-10/h3-7H,8,15-16H2,1-2H3. The van der Waals surface area contributed by atoms with E-state index in [-0.39, 0.29) is 5.91 Å². The molecule has 0 spiro atoms. The number of aryl methyl sites for hydroxylation is 1. The van der Waals surface area contributed by atoms with Gasteiger partial charge in [0.25, 0.3) is 5.91 Å². The van der Waals surface area contributed by atoms with Gasteiger partial charge in [-0.25, -0.2) is 0 Å². The predicted molar refractivity (Wildman–Crippen MR) is 80.1 cm³/mol. The number of benzene rings is 1. The number of carbonyl (C=O) groups is 1. The molecule has 5 heteroatoms. The van der Waals surface area contributed by atoms with Gasteiger partial charge in [-0.3, -0.25) is 4.79 Å². The van der Waals surface area contributed by atoms with E-state index in [1.807, 2.05) is 12.3 Å². The van der Waals surface area contributed by atoms with E-state index in [2.05, 4.69) is 6.07 Å². The van der Waals surface area contributed by atoms with Crippen LogP contribution >= 0.6 is 11.3 Å². The van der Waals surface area contributed by atoms with E-state index in [1.54, 1.807) is 41.5 Å². The molecule has 0 unspecified atom stereocenters. The molecule has 4 N–H and O–H groups in total. The second kappa shape index (κ2) is 5.32. The Morgan fingerprint density at radius 2 is 1.89 bits per heavy atom. The van der Waals surface area contributed by atoms with Gasteiger partial charge >= 0.3 is 0 Å². The van der Waals surface area contributed by atoms with Crippen molar-refractivity contribution in [1.29, 1.82) is 0 Å². The third-order valence-corrected chi connectivity index (χ3v) is 3.93. The fourth-order valence-electron chi connectivity index (χ4n) is 1.87. The van der Waals surface area contributed by atoms with Gasteiger partial charge in [0.05, 0.1) is 6.54 Å². The molecule has 0 fully saturated rings. The summed E-state index contributed by atoms with van der Waals surface area (Å²) in [5.74, 6) is -0.0770. The van der Waals surface area contributed by atoms with E-state index in [0.29, 0.717) is 23.5 Å². The van der Waals surface area contributed by atoms with Crippen molar-refractivity contribution in [2.75, 3.05) is 18.5 Å². The highest BCUT2D eigenvalue weighted by atomic mass is 32.1. The first-order chi connectivity index (χ1) is 8.97. The third-order valence-electron chi connectivity index (χ3n) is 2.92. The minimum absolute atomic E-state index is 0.0770. The Morgan fingerprint density at radius 1 is 1.26 bits per heavy atom. The predicted octanol–water partition coefficient (Wildman–Crippen LogP) is 2.49. The first-order valence-corrected chi connectivity index (χ1v) is 6.80. The number of hydrogen-bond donors (Lipinski definition) is 2. The highest BCUT2D eigenvalue weighted by Crippen LogP contribution is 2.20. The van der Waals surface area contributed by atoms with Gasteiger partial charge in [0.15, 0.2) is 0 Å². The molecule has 0 aliphatic rings. The molecule has 100 valence electrons. The Balaban J connectivity index is 2.17. The molecule has 0 aliphatic carbocycles.